The molecule has 0 radical (unpaired) electrons. The van der Waals surface area contributed by atoms with Crippen LogP contribution in [0.15, 0.2) is 0 Å². The van der Waals surface area contributed by atoms with Crippen molar-refractivity contribution in [2.75, 3.05) is 46.9 Å². The Labute approximate surface area is 92.8 Å². The number of unbranched alkanes of at least 4 members (excludes halogenated alkanes) is 1. The van der Waals surface area contributed by atoms with Gasteiger partial charge in [0.1, 0.15) is 6.79 Å². The molecule has 0 aliphatic carbocycles. The fraction of sp³-hybridized carbons (Fsp3) is 1.00. The molecule has 4 nitrogen and oxygen atoms in total. The van der Waals surface area contributed by atoms with E-state index in [4.69, 9.17) is 18.9 Å². The lowest BCUT2D eigenvalue weighted by molar-refractivity contribution is -0.0693. The molecule has 0 aliphatic heterocycles. The zero-order valence-corrected chi connectivity index (χ0v) is 10.00. The highest BCUT2D eigenvalue weighted by atomic mass is 16.7. The fourth-order valence-electron chi connectivity index (χ4n) is 0.931. The molecular weight excluding hydrogens is 196 g/mol. The van der Waals surface area contributed by atoms with Gasteiger partial charge in [-0.15, -0.1) is 0 Å². The van der Waals surface area contributed by atoms with Crippen LogP contribution >= 0.6 is 0 Å². The van der Waals surface area contributed by atoms with E-state index in [-0.39, 0.29) is 0 Å². The summed E-state index contributed by atoms with van der Waals surface area (Å²) in [5, 5.41) is 0. The van der Waals surface area contributed by atoms with Crippen molar-refractivity contribution in [3.63, 3.8) is 0 Å². The minimum atomic E-state index is 0.346. The molecule has 0 unspecified atom stereocenters. The maximum Gasteiger partial charge on any atom is 0.146 e. The average molecular weight is 220 g/mol. The second kappa shape index (κ2) is 13.8. The number of ether oxygens (including phenoxy) is 4. The van der Waals surface area contributed by atoms with Gasteiger partial charge in [0.15, 0.2) is 0 Å². The minimum Gasteiger partial charge on any atom is -0.382 e. The molecule has 92 valence electrons. The molecule has 0 rings (SSSR count). The Morgan fingerprint density at radius 1 is 0.733 bits per heavy atom. The highest BCUT2D eigenvalue weighted by molar-refractivity contribution is 4.35. The lowest BCUT2D eigenvalue weighted by Gasteiger charge is -2.05. The Kier molecular flexibility index (Phi) is 13.7. The summed E-state index contributed by atoms with van der Waals surface area (Å²) in [7, 11) is 1.65. The SMILES string of the molecule is CCCCOCCCOCOCCOC. The van der Waals surface area contributed by atoms with Crippen LogP contribution in [0.4, 0.5) is 0 Å². The second-order valence-corrected chi connectivity index (χ2v) is 3.25. The van der Waals surface area contributed by atoms with Crippen molar-refractivity contribution in [1.29, 1.82) is 0 Å². The molecule has 0 fully saturated rings. The van der Waals surface area contributed by atoms with Crippen molar-refractivity contribution in [1.82, 2.24) is 0 Å². The van der Waals surface area contributed by atoms with E-state index in [1.807, 2.05) is 0 Å². The predicted molar refractivity (Wildman–Crippen MR) is 59.0 cm³/mol. The molecule has 15 heavy (non-hydrogen) atoms. The van der Waals surface area contributed by atoms with E-state index in [2.05, 4.69) is 6.92 Å². The van der Waals surface area contributed by atoms with Crippen LogP contribution in [-0.2, 0) is 18.9 Å². The molecule has 0 atom stereocenters. The van der Waals surface area contributed by atoms with Crippen LogP contribution in [0.3, 0.4) is 0 Å². The first-order chi connectivity index (χ1) is 7.41. The fourth-order valence-corrected chi connectivity index (χ4v) is 0.931. The third-order valence-electron chi connectivity index (χ3n) is 1.82. The average Bonchev–Trinajstić information content (AvgIpc) is 2.26. The Morgan fingerprint density at radius 3 is 2.13 bits per heavy atom. The molecule has 0 spiro atoms. The number of methoxy groups -OCH3 is 1. The molecular formula is C11H24O4. The van der Waals surface area contributed by atoms with E-state index in [0.717, 1.165) is 26.1 Å². The zero-order chi connectivity index (χ0) is 11.2. The van der Waals surface area contributed by atoms with Crippen molar-refractivity contribution < 1.29 is 18.9 Å². The van der Waals surface area contributed by atoms with Gasteiger partial charge in [0.2, 0.25) is 0 Å². The summed E-state index contributed by atoms with van der Waals surface area (Å²) in [6.45, 7) is 6.03. The summed E-state index contributed by atoms with van der Waals surface area (Å²) < 4.78 is 20.6. The van der Waals surface area contributed by atoms with Gasteiger partial charge < -0.3 is 18.9 Å². The molecule has 0 bridgehead atoms. The molecule has 0 amide bonds. The number of hydrogen-bond donors (Lipinski definition) is 0. The van der Waals surface area contributed by atoms with E-state index in [1.54, 1.807) is 7.11 Å². The van der Waals surface area contributed by atoms with Crippen LogP contribution in [0.5, 0.6) is 0 Å². The van der Waals surface area contributed by atoms with Crippen LogP contribution < -0.4 is 0 Å². The second-order valence-electron chi connectivity index (χ2n) is 3.25. The Morgan fingerprint density at radius 2 is 1.40 bits per heavy atom. The summed E-state index contributed by atoms with van der Waals surface area (Å²) in [6, 6.07) is 0. The minimum absolute atomic E-state index is 0.346. The Balaban J connectivity index is 2.81. The Bertz CT molecular complexity index is 96.8. The highest BCUT2D eigenvalue weighted by Crippen LogP contribution is 1.90. The number of rotatable bonds is 12. The lowest BCUT2D eigenvalue weighted by Crippen LogP contribution is -2.08. The molecule has 0 aromatic rings. The van der Waals surface area contributed by atoms with E-state index in [1.165, 1.54) is 6.42 Å². The Hall–Kier alpha value is -0.160. The zero-order valence-electron chi connectivity index (χ0n) is 10.00. The van der Waals surface area contributed by atoms with Crippen LogP contribution in [0.1, 0.15) is 26.2 Å². The first-order valence-electron chi connectivity index (χ1n) is 5.64. The van der Waals surface area contributed by atoms with Crippen LogP contribution in [0.25, 0.3) is 0 Å². The molecule has 0 heterocycles. The summed E-state index contributed by atoms with van der Waals surface area (Å²) in [6.07, 6.45) is 3.25. The van der Waals surface area contributed by atoms with Crippen LogP contribution in [-0.4, -0.2) is 46.9 Å². The molecule has 0 saturated carbocycles. The summed E-state index contributed by atoms with van der Waals surface area (Å²) in [5.74, 6) is 0. The first kappa shape index (κ1) is 14.8. The van der Waals surface area contributed by atoms with Crippen molar-refractivity contribution >= 4 is 0 Å². The molecule has 0 saturated heterocycles. The maximum absolute atomic E-state index is 5.38. The molecule has 0 aliphatic rings. The molecule has 0 aromatic heterocycles. The van der Waals surface area contributed by atoms with Gasteiger partial charge in [-0.05, 0) is 12.8 Å². The van der Waals surface area contributed by atoms with Gasteiger partial charge in [0.05, 0.1) is 19.8 Å². The van der Waals surface area contributed by atoms with Crippen molar-refractivity contribution in [3.05, 3.63) is 0 Å². The standard InChI is InChI=1S/C11H24O4/c1-3-4-6-13-7-5-8-14-11-15-10-9-12-2/h3-11H2,1-2H3. The normalized spacial score (nSPS) is 10.8. The largest absolute Gasteiger partial charge is 0.382 e. The van der Waals surface area contributed by atoms with Crippen LogP contribution in [0, 0.1) is 0 Å². The van der Waals surface area contributed by atoms with E-state index in [0.29, 0.717) is 26.6 Å². The van der Waals surface area contributed by atoms with Gasteiger partial charge in [-0.25, -0.2) is 0 Å². The van der Waals surface area contributed by atoms with Gasteiger partial charge in [0, 0.05) is 20.3 Å². The lowest BCUT2D eigenvalue weighted by atomic mass is 10.4. The maximum atomic E-state index is 5.38. The van der Waals surface area contributed by atoms with E-state index >= 15 is 0 Å². The van der Waals surface area contributed by atoms with Gasteiger partial charge in [-0.2, -0.15) is 0 Å². The van der Waals surface area contributed by atoms with Crippen LogP contribution in [0.2, 0.25) is 0 Å². The monoisotopic (exact) mass is 220 g/mol. The van der Waals surface area contributed by atoms with E-state index in [9.17, 15) is 0 Å². The topological polar surface area (TPSA) is 36.9 Å². The molecule has 4 heteroatoms. The third kappa shape index (κ3) is 13.8. The van der Waals surface area contributed by atoms with Gasteiger partial charge >= 0.3 is 0 Å². The van der Waals surface area contributed by atoms with Crippen molar-refractivity contribution in [3.8, 4) is 0 Å². The quantitative estimate of drug-likeness (QED) is 0.371. The van der Waals surface area contributed by atoms with Crippen molar-refractivity contribution in [2.24, 2.45) is 0 Å². The predicted octanol–water partition coefficient (Wildman–Crippen LogP) is 1.83. The highest BCUT2D eigenvalue weighted by Gasteiger charge is 1.91. The third-order valence-corrected chi connectivity index (χ3v) is 1.82. The summed E-state index contributed by atoms with van der Waals surface area (Å²) in [4.78, 5) is 0. The van der Waals surface area contributed by atoms with Crippen molar-refractivity contribution in [2.45, 2.75) is 26.2 Å². The number of hydrogen-bond acceptors (Lipinski definition) is 4. The van der Waals surface area contributed by atoms with Gasteiger partial charge in [-0.1, -0.05) is 13.3 Å². The first-order valence-corrected chi connectivity index (χ1v) is 5.64. The van der Waals surface area contributed by atoms with Gasteiger partial charge in [0.25, 0.3) is 0 Å². The van der Waals surface area contributed by atoms with Gasteiger partial charge in [-0.3, -0.25) is 0 Å². The molecule has 0 N–H and O–H groups in total. The molecule has 0 aromatic carbocycles. The summed E-state index contributed by atoms with van der Waals surface area (Å²) >= 11 is 0. The summed E-state index contributed by atoms with van der Waals surface area (Å²) in [5.41, 5.74) is 0. The van der Waals surface area contributed by atoms with E-state index < -0.39 is 0 Å². The smallest absolute Gasteiger partial charge is 0.146 e.